The van der Waals surface area contributed by atoms with Crippen molar-refractivity contribution in [1.29, 1.82) is 0 Å². The van der Waals surface area contributed by atoms with Crippen molar-refractivity contribution in [1.82, 2.24) is 24.3 Å². The van der Waals surface area contributed by atoms with E-state index in [9.17, 15) is 4.79 Å². The molecule has 0 aliphatic carbocycles. The molecule has 1 aliphatic rings. The SMILES string of the molecule is CCOc1ncnc2c1CN(Cc1cc(=O)n3ccsc3n1)CC2. The quantitative estimate of drug-likeness (QED) is 0.715. The zero-order valence-corrected chi connectivity index (χ0v) is 14.1. The van der Waals surface area contributed by atoms with Gasteiger partial charge in [0.05, 0.1) is 18.0 Å². The van der Waals surface area contributed by atoms with Crippen molar-refractivity contribution < 1.29 is 4.74 Å². The lowest BCUT2D eigenvalue weighted by Crippen LogP contribution is -2.32. The maximum Gasteiger partial charge on any atom is 0.258 e. The van der Waals surface area contributed by atoms with Crippen molar-refractivity contribution in [3.8, 4) is 5.88 Å². The number of nitrogens with zero attached hydrogens (tertiary/aromatic N) is 5. The molecule has 0 aromatic carbocycles. The van der Waals surface area contributed by atoms with Gasteiger partial charge in [0.15, 0.2) is 4.96 Å². The average molecular weight is 343 g/mol. The average Bonchev–Trinajstić information content (AvgIpc) is 3.05. The molecule has 0 unspecified atom stereocenters. The van der Waals surface area contributed by atoms with E-state index in [-0.39, 0.29) is 5.56 Å². The van der Waals surface area contributed by atoms with Crippen LogP contribution in [0.5, 0.6) is 5.88 Å². The summed E-state index contributed by atoms with van der Waals surface area (Å²) in [6, 6.07) is 1.61. The summed E-state index contributed by atoms with van der Waals surface area (Å²) in [5.74, 6) is 0.661. The van der Waals surface area contributed by atoms with Gasteiger partial charge in [-0.2, -0.15) is 0 Å². The highest BCUT2D eigenvalue weighted by atomic mass is 32.1. The molecule has 0 radical (unpaired) electrons. The zero-order chi connectivity index (χ0) is 16.5. The highest BCUT2D eigenvalue weighted by molar-refractivity contribution is 7.15. The molecule has 3 aromatic heterocycles. The number of ether oxygens (including phenoxy) is 1. The minimum atomic E-state index is -0.0352. The summed E-state index contributed by atoms with van der Waals surface area (Å²) < 4.78 is 7.19. The summed E-state index contributed by atoms with van der Waals surface area (Å²) >= 11 is 1.47. The third-order valence-corrected chi connectivity index (χ3v) is 4.82. The lowest BCUT2D eigenvalue weighted by atomic mass is 10.1. The van der Waals surface area contributed by atoms with Crippen LogP contribution in [0.25, 0.3) is 4.96 Å². The fourth-order valence-corrected chi connectivity index (χ4v) is 3.70. The number of rotatable bonds is 4. The van der Waals surface area contributed by atoms with Crippen molar-refractivity contribution in [2.24, 2.45) is 0 Å². The van der Waals surface area contributed by atoms with E-state index in [2.05, 4.69) is 19.9 Å². The van der Waals surface area contributed by atoms with E-state index in [1.54, 1.807) is 23.0 Å². The van der Waals surface area contributed by atoms with Crippen LogP contribution in [0.1, 0.15) is 23.9 Å². The van der Waals surface area contributed by atoms with E-state index >= 15 is 0 Å². The van der Waals surface area contributed by atoms with Crippen molar-refractivity contribution in [3.05, 3.63) is 51.3 Å². The van der Waals surface area contributed by atoms with E-state index in [4.69, 9.17) is 4.74 Å². The summed E-state index contributed by atoms with van der Waals surface area (Å²) in [7, 11) is 0. The Kier molecular flexibility index (Phi) is 3.99. The van der Waals surface area contributed by atoms with Crippen molar-refractivity contribution in [3.63, 3.8) is 0 Å². The predicted octanol–water partition coefficient (Wildman–Crippen LogP) is 1.50. The molecular weight excluding hydrogens is 326 g/mol. The molecule has 4 heterocycles. The Labute approximate surface area is 142 Å². The molecule has 0 atom stereocenters. The van der Waals surface area contributed by atoms with Gasteiger partial charge in [-0.05, 0) is 6.92 Å². The number of thiazole rings is 1. The van der Waals surface area contributed by atoms with Crippen LogP contribution in [-0.2, 0) is 19.5 Å². The Morgan fingerprint density at radius 2 is 2.29 bits per heavy atom. The Bertz CT molecular complexity index is 936. The molecule has 0 saturated heterocycles. The minimum Gasteiger partial charge on any atom is -0.478 e. The number of fused-ring (bicyclic) bond motifs is 2. The molecule has 124 valence electrons. The third-order valence-electron chi connectivity index (χ3n) is 4.06. The molecule has 3 aromatic rings. The monoisotopic (exact) mass is 343 g/mol. The van der Waals surface area contributed by atoms with E-state index < -0.39 is 0 Å². The van der Waals surface area contributed by atoms with E-state index in [0.717, 1.165) is 34.9 Å². The molecule has 0 fully saturated rings. The first-order valence-electron chi connectivity index (χ1n) is 7.88. The van der Waals surface area contributed by atoms with Gasteiger partial charge in [0.1, 0.15) is 6.33 Å². The molecule has 0 saturated carbocycles. The molecule has 0 N–H and O–H groups in total. The van der Waals surface area contributed by atoms with Gasteiger partial charge in [-0.3, -0.25) is 14.1 Å². The summed E-state index contributed by atoms with van der Waals surface area (Å²) in [5, 5.41) is 1.87. The lowest BCUT2D eigenvalue weighted by molar-refractivity contribution is 0.229. The second-order valence-electron chi connectivity index (χ2n) is 5.64. The smallest absolute Gasteiger partial charge is 0.258 e. The number of aromatic nitrogens is 4. The molecule has 0 bridgehead atoms. The van der Waals surface area contributed by atoms with E-state index in [1.807, 2.05) is 12.3 Å². The van der Waals surface area contributed by atoms with Gasteiger partial charge in [0, 0.05) is 49.3 Å². The molecule has 1 aliphatic heterocycles. The van der Waals surface area contributed by atoms with Crippen molar-refractivity contribution >= 4 is 16.3 Å². The molecule has 24 heavy (non-hydrogen) atoms. The van der Waals surface area contributed by atoms with Gasteiger partial charge >= 0.3 is 0 Å². The van der Waals surface area contributed by atoms with Crippen molar-refractivity contribution in [2.75, 3.05) is 13.2 Å². The molecule has 0 spiro atoms. The van der Waals surface area contributed by atoms with Crippen LogP contribution in [0.2, 0.25) is 0 Å². The predicted molar refractivity (Wildman–Crippen MR) is 90.4 cm³/mol. The molecule has 7 nitrogen and oxygen atoms in total. The lowest BCUT2D eigenvalue weighted by Gasteiger charge is -2.28. The Morgan fingerprint density at radius 1 is 1.38 bits per heavy atom. The van der Waals surface area contributed by atoms with E-state index in [1.165, 1.54) is 11.3 Å². The van der Waals surface area contributed by atoms with Gasteiger partial charge in [0.2, 0.25) is 5.88 Å². The Balaban J connectivity index is 1.59. The first-order valence-corrected chi connectivity index (χ1v) is 8.76. The molecule has 8 heteroatoms. The van der Waals surface area contributed by atoms with Crippen LogP contribution >= 0.6 is 11.3 Å². The fourth-order valence-electron chi connectivity index (χ4n) is 2.97. The standard InChI is InChI=1S/C16H17N5O2S/c1-2-23-15-12-9-20(4-3-13(12)17-10-18-15)8-11-7-14(22)21-5-6-24-16(21)19-11/h5-7,10H,2-4,8-9H2,1H3. The number of hydrogen-bond donors (Lipinski definition) is 0. The van der Waals surface area contributed by atoms with Crippen molar-refractivity contribution in [2.45, 2.75) is 26.4 Å². The van der Waals surface area contributed by atoms with Crippen LogP contribution < -0.4 is 10.3 Å². The number of hydrogen-bond acceptors (Lipinski definition) is 7. The first kappa shape index (κ1) is 15.2. The van der Waals surface area contributed by atoms with Crippen LogP contribution in [0.4, 0.5) is 0 Å². The van der Waals surface area contributed by atoms with Gasteiger partial charge in [-0.1, -0.05) is 0 Å². The zero-order valence-electron chi connectivity index (χ0n) is 13.3. The van der Waals surface area contributed by atoms with Gasteiger partial charge in [0.25, 0.3) is 5.56 Å². The first-order chi connectivity index (χ1) is 11.7. The van der Waals surface area contributed by atoms with Crippen LogP contribution in [0.15, 0.2) is 28.8 Å². The topological polar surface area (TPSA) is 72.6 Å². The maximum absolute atomic E-state index is 12.1. The van der Waals surface area contributed by atoms with Gasteiger partial charge in [-0.15, -0.1) is 11.3 Å². The Morgan fingerprint density at radius 3 is 3.17 bits per heavy atom. The summed E-state index contributed by atoms with van der Waals surface area (Å²) in [5.41, 5.74) is 2.85. The molecule has 0 amide bonds. The highest BCUT2D eigenvalue weighted by Crippen LogP contribution is 2.25. The molecule has 4 rings (SSSR count). The van der Waals surface area contributed by atoms with Gasteiger partial charge < -0.3 is 4.74 Å². The summed E-state index contributed by atoms with van der Waals surface area (Å²) in [4.78, 5) is 28.3. The molecular formula is C16H17N5O2S. The van der Waals surface area contributed by atoms with Crippen LogP contribution in [-0.4, -0.2) is 37.4 Å². The summed E-state index contributed by atoms with van der Waals surface area (Å²) in [6.45, 7) is 4.74. The van der Waals surface area contributed by atoms with Crippen LogP contribution in [0.3, 0.4) is 0 Å². The minimum absolute atomic E-state index is 0.0352. The Hall–Kier alpha value is -2.32. The second-order valence-corrected chi connectivity index (χ2v) is 6.51. The van der Waals surface area contributed by atoms with E-state index in [0.29, 0.717) is 25.6 Å². The largest absolute Gasteiger partial charge is 0.478 e. The third kappa shape index (κ3) is 2.78. The highest BCUT2D eigenvalue weighted by Gasteiger charge is 2.22. The van der Waals surface area contributed by atoms with Gasteiger partial charge in [-0.25, -0.2) is 15.0 Å². The second kappa shape index (κ2) is 6.29. The van der Waals surface area contributed by atoms with Crippen LogP contribution in [0, 0.1) is 0 Å². The summed E-state index contributed by atoms with van der Waals surface area (Å²) in [6.07, 6.45) is 4.16. The normalized spacial score (nSPS) is 14.7. The maximum atomic E-state index is 12.1. The fraction of sp³-hybridized carbons (Fsp3) is 0.375.